The number of hydrogen-bond donors (Lipinski definition) is 3. The maximum absolute atomic E-state index is 8.50. The quantitative estimate of drug-likeness (QED) is 0.598. The minimum absolute atomic E-state index is 0.0693. The van der Waals surface area contributed by atoms with Gasteiger partial charge < -0.3 is 20.9 Å². The van der Waals surface area contributed by atoms with Gasteiger partial charge in [0.2, 0.25) is 0 Å². The average Bonchev–Trinajstić information content (AvgIpc) is 2.29. The summed E-state index contributed by atoms with van der Waals surface area (Å²) in [5.74, 6) is 0.724. The maximum atomic E-state index is 8.50. The molecule has 0 saturated carbocycles. The molecule has 16 heavy (non-hydrogen) atoms. The van der Waals surface area contributed by atoms with Crippen molar-refractivity contribution < 1.29 is 9.84 Å². The Morgan fingerprint density at radius 3 is 3.06 bits per heavy atom. The Labute approximate surface area is 95.6 Å². The van der Waals surface area contributed by atoms with E-state index in [0.29, 0.717) is 18.9 Å². The van der Waals surface area contributed by atoms with Crippen molar-refractivity contribution in [3.63, 3.8) is 0 Å². The normalized spacial score (nSPS) is 10.4. The lowest BCUT2D eigenvalue weighted by Crippen LogP contribution is -2.10. The van der Waals surface area contributed by atoms with E-state index in [9.17, 15) is 0 Å². The van der Waals surface area contributed by atoms with Crippen LogP contribution in [0.2, 0.25) is 0 Å². The highest BCUT2D eigenvalue weighted by atomic mass is 16.5. The van der Waals surface area contributed by atoms with Crippen molar-refractivity contribution in [2.45, 2.75) is 13.3 Å². The van der Waals surface area contributed by atoms with Crippen LogP contribution >= 0.6 is 0 Å². The van der Waals surface area contributed by atoms with Crippen LogP contribution in [0.15, 0.2) is 12.3 Å². The second-order valence-corrected chi connectivity index (χ2v) is 3.51. The largest absolute Gasteiger partial charge is 0.396 e. The van der Waals surface area contributed by atoms with Gasteiger partial charge >= 0.3 is 0 Å². The van der Waals surface area contributed by atoms with E-state index in [4.69, 9.17) is 15.6 Å². The highest BCUT2D eigenvalue weighted by Crippen LogP contribution is 2.18. The van der Waals surface area contributed by atoms with Crippen LogP contribution in [0.25, 0.3) is 0 Å². The summed E-state index contributed by atoms with van der Waals surface area (Å²) in [6, 6.07) is 1.88. The Hall–Kier alpha value is -1.33. The summed E-state index contributed by atoms with van der Waals surface area (Å²) in [7, 11) is 0. The zero-order chi connectivity index (χ0) is 11.8. The first-order valence-corrected chi connectivity index (χ1v) is 5.39. The monoisotopic (exact) mass is 225 g/mol. The van der Waals surface area contributed by atoms with Crippen LogP contribution < -0.4 is 11.1 Å². The Balaban J connectivity index is 2.24. The van der Waals surface area contributed by atoms with E-state index in [1.165, 1.54) is 0 Å². The Morgan fingerprint density at radius 2 is 2.31 bits per heavy atom. The van der Waals surface area contributed by atoms with Gasteiger partial charge in [-0.1, -0.05) is 0 Å². The topological polar surface area (TPSA) is 80.4 Å². The molecule has 1 heterocycles. The number of anilines is 2. The van der Waals surface area contributed by atoms with Gasteiger partial charge in [-0.15, -0.1) is 0 Å². The highest BCUT2D eigenvalue weighted by molar-refractivity contribution is 5.64. The molecule has 1 aromatic rings. The number of nitrogens with two attached hydrogens (primary N) is 1. The molecular weight excluding hydrogens is 206 g/mol. The molecule has 0 unspecified atom stereocenters. The Kier molecular flexibility index (Phi) is 5.60. The third kappa shape index (κ3) is 4.04. The van der Waals surface area contributed by atoms with Crippen LogP contribution in [0, 0.1) is 6.92 Å². The number of aliphatic hydroxyl groups is 1. The predicted molar refractivity (Wildman–Crippen MR) is 64.4 cm³/mol. The average molecular weight is 225 g/mol. The molecule has 90 valence electrons. The molecule has 0 aromatic carbocycles. The van der Waals surface area contributed by atoms with Gasteiger partial charge in [-0.25, -0.2) is 4.98 Å². The first-order valence-electron chi connectivity index (χ1n) is 5.39. The number of nitrogens with zero attached hydrogens (tertiary/aromatic N) is 1. The second-order valence-electron chi connectivity index (χ2n) is 3.51. The Bertz CT molecular complexity index is 318. The summed E-state index contributed by atoms with van der Waals surface area (Å²) in [5, 5.41) is 11.7. The van der Waals surface area contributed by atoms with E-state index in [2.05, 4.69) is 10.3 Å². The summed E-state index contributed by atoms with van der Waals surface area (Å²) in [6.45, 7) is 3.79. The fourth-order valence-electron chi connectivity index (χ4n) is 1.26. The predicted octanol–water partition coefficient (Wildman–Crippen LogP) is 0.783. The molecule has 0 fully saturated rings. The molecule has 4 N–H and O–H groups in total. The van der Waals surface area contributed by atoms with E-state index < -0.39 is 0 Å². The van der Waals surface area contributed by atoms with Gasteiger partial charge in [0.05, 0.1) is 18.9 Å². The number of ether oxygens (including phenoxy) is 1. The zero-order valence-electron chi connectivity index (χ0n) is 9.57. The lowest BCUT2D eigenvalue weighted by Gasteiger charge is -2.09. The van der Waals surface area contributed by atoms with Gasteiger partial charge in [0.1, 0.15) is 5.82 Å². The molecule has 0 spiro atoms. The van der Waals surface area contributed by atoms with Crippen LogP contribution in [-0.2, 0) is 4.74 Å². The minimum Gasteiger partial charge on any atom is -0.396 e. The molecule has 1 rings (SSSR count). The number of nitrogen functional groups attached to an aromatic ring is 1. The SMILES string of the molecule is Cc1ccnc(NCCCOCCO)c1N. The highest BCUT2D eigenvalue weighted by Gasteiger charge is 2.01. The summed E-state index contributed by atoms with van der Waals surface area (Å²) >= 11 is 0. The van der Waals surface area contributed by atoms with Crippen LogP contribution in [0.5, 0.6) is 0 Å². The number of pyridine rings is 1. The maximum Gasteiger partial charge on any atom is 0.149 e. The van der Waals surface area contributed by atoms with Crippen LogP contribution in [0.1, 0.15) is 12.0 Å². The first kappa shape index (κ1) is 12.7. The van der Waals surface area contributed by atoms with Gasteiger partial charge in [-0.2, -0.15) is 0 Å². The number of hydrogen-bond acceptors (Lipinski definition) is 5. The lowest BCUT2D eigenvalue weighted by atomic mass is 10.2. The molecular formula is C11H19N3O2. The van der Waals surface area contributed by atoms with Crippen molar-refractivity contribution >= 4 is 11.5 Å². The fraction of sp³-hybridized carbons (Fsp3) is 0.545. The molecule has 0 saturated heterocycles. The number of rotatable bonds is 7. The molecule has 0 atom stereocenters. The molecule has 5 heteroatoms. The molecule has 0 aliphatic rings. The third-order valence-electron chi connectivity index (χ3n) is 2.20. The first-order chi connectivity index (χ1) is 7.75. The van der Waals surface area contributed by atoms with E-state index >= 15 is 0 Å². The smallest absolute Gasteiger partial charge is 0.149 e. The summed E-state index contributed by atoms with van der Waals surface area (Å²) < 4.78 is 5.13. The van der Waals surface area contributed by atoms with E-state index in [0.717, 1.165) is 24.3 Å². The van der Waals surface area contributed by atoms with Crippen molar-refractivity contribution in [3.05, 3.63) is 17.8 Å². The van der Waals surface area contributed by atoms with Crippen LogP contribution in [0.3, 0.4) is 0 Å². The third-order valence-corrected chi connectivity index (χ3v) is 2.20. The van der Waals surface area contributed by atoms with Crippen molar-refractivity contribution in [3.8, 4) is 0 Å². The van der Waals surface area contributed by atoms with Gasteiger partial charge in [0.15, 0.2) is 0 Å². The summed E-state index contributed by atoms with van der Waals surface area (Å²) in [6.07, 6.45) is 2.59. The fourth-order valence-corrected chi connectivity index (χ4v) is 1.26. The molecule has 1 aromatic heterocycles. The van der Waals surface area contributed by atoms with Gasteiger partial charge in [0, 0.05) is 19.3 Å². The zero-order valence-corrected chi connectivity index (χ0v) is 9.57. The standard InChI is InChI=1S/C11H19N3O2/c1-9-3-5-14-11(10(9)12)13-4-2-7-16-8-6-15/h3,5,15H,2,4,6-8,12H2,1H3,(H,13,14). The molecule has 0 bridgehead atoms. The van der Waals surface area contributed by atoms with Crippen LogP contribution in [0.4, 0.5) is 11.5 Å². The van der Waals surface area contributed by atoms with Crippen LogP contribution in [-0.4, -0.2) is 36.5 Å². The molecule has 0 aliphatic heterocycles. The van der Waals surface area contributed by atoms with Crippen molar-refractivity contribution in [1.29, 1.82) is 0 Å². The second kappa shape index (κ2) is 7.03. The molecule has 5 nitrogen and oxygen atoms in total. The van der Waals surface area contributed by atoms with Gasteiger partial charge in [-0.05, 0) is 25.0 Å². The van der Waals surface area contributed by atoms with Crippen molar-refractivity contribution in [2.75, 3.05) is 37.4 Å². The van der Waals surface area contributed by atoms with Gasteiger partial charge in [0.25, 0.3) is 0 Å². The molecule has 0 aliphatic carbocycles. The summed E-state index contributed by atoms with van der Waals surface area (Å²) in [5.41, 5.74) is 7.57. The van der Waals surface area contributed by atoms with Crippen molar-refractivity contribution in [2.24, 2.45) is 0 Å². The van der Waals surface area contributed by atoms with E-state index in [1.54, 1.807) is 6.20 Å². The van der Waals surface area contributed by atoms with Gasteiger partial charge in [-0.3, -0.25) is 0 Å². The van der Waals surface area contributed by atoms with E-state index in [1.807, 2.05) is 13.0 Å². The van der Waals surface area contributed by atoms with Crippen molar-refractivity contribution in [1.82, 2.24) is 4.98 Å². The number of aromatic nitrogens is 1. The molecule has 0 radical (unpaired) electrons. The number of aliphatic hydroxyl groups excluding tert-OH is 1. The summed E-state index contributed by atoms with van der Waals surface area (Å²) in [4.78, 5) is 4.16. The van der Waals surface area contributed by atoms with E-state index in [-0.39, 0.29) is 6.61 Å². The minimum atomic E-state index is 0.0693. The Morgan fingerprint density at radius 1 is 1.50 bits per heavy atom. The number of nitrogens with one attached hydrogen (secondary N) is 1. The number of aryl methyl sites for hydroxylation is 1. The lowest BCUT2D eigenvalue weighted by molar-refractivity contribution is 0.0922. The molecule has 0 amide bonds.